The van der Waals surface area contributed by atoms with E-state index in [2.05, 4.69) is 26.5 Å². The van der Waals surface area contributed by atoms with Crippen molar-refractivity contribution in [3.8, 4) is 0 Å². The Morgan fingerprint density at radius 1 is 1.19 bits per heavy atom. The van der Waals surface area contributed by atoms with E-state index in [-0.39, 0.29) is 17.0 Å². The van der Waals surface area contributed by atoms with Crippen LogP contribution in [0.1, 0.15) is 59.3 Å². The summed E-state index contributed by atoms with van der Waals surface area (Å²) in [5.41, 5.74) is 2.77. The quantitative estimate of drug-likeness (QED) is 0.612. The van der Waals surface area contributed by atoms with Gasteiger partial charge in [0, 0.05) is 12.8 Å². The lowest BCUT2D eigenvalue weighted by molar-refractivity contribution is -0.116. The fraction of sp³-hybridized carbons (Fsp3) is 0.579. The fourth-order valence-electron chi connectivity index (χ4n) is 3.69. The van der Waals surface area contributed by atoms with Crippen LogP contribution in [0.5, 0.6) is 0 Å². The molecule has 0 spiro atoms. The Bertz CT molecular complexity index is 532. The minimum atomic E-state index is -0.0703. The van der Waals surface area contributed by atoms with E-state index in [1.807, 2.05) is 6.92 Å². The molecule has 0 fully saturated rings. The van der Waals surface area contributed by atoms with Crippen LogP contribution in [-0.2, 0) is 9.59 Å². The zero-order valence-electron chi connectivity index (χ0n) is 13.5. The lowest BCUT2D eigenvalue weighted by Crippen LogP contribution is -2.33. The van der Waals surface area contributed by atoms with Crippen LogP contribution in [0, 0.1) is 11.3 Å². The second-order valence-electron chi connectivity index (χ2n) is 7.14. The van der Waals surface area contributed by atoms with Gasteiger partial charge in [-0.05, 0) is 55.6 Å². The summed E-state index contributed by atoms with van der Waals surface area (Å²) in [6.45, 7) is 10.3. The third kappa shape index (κ3) is 3.61. The van der Waals surface area contributed by atoms with E-state index >= 15 is 0 Å². The van der Waals surface area contributed by atoms with Gasteiger partial charge < -0.3 is 0 Å². The van der Waals surface area contributed by atoms with Crippen molar-refractivity contribution in [2.75, 3.05) is 0 Å². The fourth-order valence-corrected chi connectivity index (χ4v) is 3.69. The molecule has 0 saturated carbocycles. The number of hydrogen-bond acceptors (Lipinski definition) is 2. The number of hydrogen-bond donors (Lipinski definition) is 0. The first kappa shape index (κ1) is 15.9. The summed E-state index contributed by atoms with van der Waals surface area (Å²) >= 11 is 0. The highest BCUT2D eigenvalue weighted by atomic mass is 16.1. The molecule has 0 N–H and O–H groups in total. The third-order valence-corrected chi connectivity index (χ3v) is 5.00. The molecule has 21 heavy (non-hydrogen) atoms. The Morgan fingerprint density at radius 2 is 1.90 bits per heavy atom. The van der Waals surface area contributed by atoms with Gasteiger partial charge in [-0.2, -0.15) is 0 Å². The van der Waals surface area contributed by atoms with Gasteiger partial charge >= 0.3 is 0 Å². The topological polar surface area (TPSA) is 34.1 Å². The van der Waals surface area contributed by atoms with Crippen molar-refractivity contribution in [1.29, 1.82) is 0 Å². The van der Waals surface area contributed by atoms with Crippen LogP contribution < -0.4 is 0 Å². The first-order valence-electron chi connectivity index (χ1n) is 7.91. The SMILES string of the molecule is C=C1CC[C@@H]2CCC=C(C(=O)C/C(C)=C/C(=O)C1)C2(C)C. The van der Waals surface area contributed by atoms with Crippen molar-refractivity contribution in [3.63, 3.8) is 0 Å². The van der Waals surface area contributed by atoms with Crippen LogP contribution in [0.4, 0.5) is 0 Å². The molecular formula is C19H26O2. The Morgan fingerprint density at radius 3 is 2.62 bits per heavy atom. The highest BCUT2D eigenvalue weighted by Gasteiger charge is 2.38. The zero-order valence-corrected chi connectivity index (χ0v) is 13.5. The second kappa shape index (κ2) is 6.13. The molecule has 0 saturated heterocycles. The highest BCUT2D eigenvalue weighted by Crippen LogP contribution is 2.45. The van der Waals surface area contributed by atoms with Crippen molar-refractivity contribution < 1.29 is 9.59 Å². The van der Waals surface area contributed by atoms with Gasteiger partial charge in [-0.1, -0.05) is 37.6 Å². The maximum atomic E-state index is 12.6. The van der Waals surface area contributed by atoms with E-state index in [1.54, 1.807) is 6.08 Å². The molecule has 2 aliphatic rings. The number of rotatable bonds is 0. The predicted octanol–water partition coefficient (Wildman–Crippen LogP) is 4.56. The summed E-state index contributed by atoms with van der Waals surface area (Å²) in [5, 5.41) is 0. The van der Waals surface area contributed by atoms with Gasteiger partial charge in [-0.3, -0.25) is 9.59 Å². The number of ketones is 2. The number of allylic oxidation sites excluding steroid dienone is 5. The Hall–Kier alpha value is -1.44. The Balaban J connectivity index is 2.36. The van der Waals surface area contributed by atoms with Gasteiger partial charge in [0.05, 0.1) is 0 Å². The minimum absolute atomic E-state index is 0.0703. The monoisotopic (exact) mass is 286 g/mol. The molecule has 0 unspecified atom stereocenters. The molecule has 2 aliphatic carbocycles. The van der Waals surface area contributed by atoms with Gasteiger partial charge in [-0.15, -0.1) is 0 Å². The third-order valence-electron chi connectivity index (χ3n) is 5.00. The molecular weight excluding hydrogens is 260 g/mol. The predicted molar refractivity (Wildman–Crippen MR) is 86.0 cm³/mol. The minimum Gasteiger partial charge on any atom is -0.295 e. The molecule has 0 aromatic heterocycles. The summed E-state index contributed by atoms with van der Waals surface area (Å²) in [7, 11) is 0. The summed E-state index contributed by atoms with van der Waals surface area (Å²) in [6.07, 6.45) is 8.54. The zero-order chi connectivity index (χ0) is 15.6. The number of carbonyl (C=O) groups excluding carboxylic acids is 2. The number of fused-ring (bicyclic) bond motifs is 2. The summed E-state index contributed by atoms with van der Waals surface area (Å²) in [4.78, 5) is 24.5. The van der Waals surface area contributed by atoms with Gasteiger partial charge in [0.1, 0.15) is 0 Å². The molecule has 0 aromatic rings. The van der Waals surface area contributed by atoms with Gasteiger partial charge in [0.15, 0.2) is 11.6 Å². The average molecular weight is 286 g/mol. The second-order valence-corrected chi connectivity index (χ2v) is 7.14. The summed E-state index contributed by atoms with van der Waals surface area (Å²) in [6, 6.07) is 0. The van der Waals surface area contributed by atoms with Crippen LogP contribution in [0.25, 0.3) is 0 Å². The molecule has 2 rings (SSSR count). The van der Waals surface area contributed by atoms with E-state index in [0.717, 1.165) is 42.4 Å². The maximum absolute atomic E-state index is 12.6. The van der Waals surface area contributed by atoms with Crippen LogP contribution in [0.2, 0.25) is 0 Å². The van der Waals surface area contributed by atoms with Crippen molar-refractivity contribution in [2.24, 2.45) is 11.3 Å². The van der Waals surface area contributed by atoms with Gasteiger partial charge in [0.2, 0.25) is 0 Å². The first-order chi connectivity index (χ1) is 9.80. The smallest absolute Gasteiger partial charge is 0.163 e. The molecule has 0 radical (unpaired) electrons. The van der Waals surface area contributed by atoms with Gasteiger partial charge in [-0.25, -0.2) is 0 Å². The lowest BCUT2D eigenvalue weighted by atomic mass is 9.64. The Kier molecular flexibility index (Phi) is 4.65. The van der Waals surface area contributed by atoms with Crippen molar-refractivity contribution in [1.82, 2.24) is 0 Å². The molecule has 2 bridgehead atoms. The molecule has 2 nitrogen and oxygen atoms in total. The maximum Gasteiger partial charge on any atom is 0.163 e. The van der Waals surface area contributed by atoms with Crippen LogP contribution >= 0.6 is 0 Å². The van der Waals surface area contributed by atoms with Gasteiger partial charge in [0.25, 0.3) is 0 Å². The van der Waals surface area contributed by atoms with Crippen molar-refractivity contribution in [3.05, 3.63) is 35.5 Å². The summed E-state index contributed by atoms with van der Waals surface area (Å²) < 4.78 is 0. The molecule has 1 atom stereocenters. The average Bonchev–Trinajstić information content (AvgIpc) is 2.34. The van der Waals surface area contributed by atoms with E-state index in [0.29, 0.717) is 18.8 Å². The van der Waals surface area contributed by atoms with Crippen LogP contribution in [-0.4, -0.2) is 11.6 Å². The van der Waals surface area contributed by atoms with Crippen LogP contribution in [0.3, 0.4) is 0 Å². The van der Waals surface area contributed by atoms with Crippen molar-refractivity contribution >= 4 is 11.6 Å². The Labute approximate surface area is 128 Å². The lowest BCUT2D eigenvalue weighted by Gasteiger charge is -2.40. The molecule has 114 valence electrons. The molecule has 0 heterocycles. The molecule has 0 aromatic carbocycles. The number of carbonyl (C=O) groups is 2. The molecule has 0 amide bonds. The summed E-state index contributed by atoms with van der Waals surface area (Å²) in [5.74, 6) is 0.756. The first-order valence-corrected chi connectivity index (χ1v) is 7.91. The largest absolute Gasteiger partial charge is 0.295 e. The van der Waals surface area contributed by atoms with E-state index < -0.39 is 0 Å². The van der Waals surface area contributed by atoms with E-state index in [4.69, 9.17) is 0 Å². The van der Waals surface area contributed by atoms with Crippen molar-refractivity contribution in [2.45, 2.75) is 59.3 Å². The van der Waals surface area contributed by atoms with E-state index in [9.17, 15) is 9.59 Å². The molecule has 2 heteroatoms. The normalized spacial score (nSPS) is 29.9. The highest BCUT2D eigenvalue weighted by molar-refractivity contribution is 5.99. The molecule has 0 aliphatic heterocycles. The van der Waals surface area contributed by atoms with E-state index in [1.165, 1.54) is 0 Å². The number of Topliss-reactive ketones (excluding diaryl/α,β-unsaturated/α-hetero) is 1. The van der Waals surface area contributed by atoms with Crippen LogP contribution in [0.15, 0.2) is 35.5 Å². The standard InChI is InChI=1S/C19H26O2/c1-13-8-9-15-6-5-7-17(19(15,3)4)18(21)12-14(2)11-16(20)10-13/h7,11,15H,1,5-6,8-10,12H2,2-4H3/b14-11+/t15-/m0/s1.